The summed E-state index contributed by atoms with van der Waals surface area (Å²) in [5.41, 5.74) is 0.608. The van der Waals surface area contributed by atoms with Crippen molar-refractivity contribution in [3.8, 4) is 0 Å². The van der Waals surface area contributed by atoms with E-state index in [2.05, 4.69) is 17.2 Å². The Morgan fingerprint density at radius 3 is 2.48 bits per heavy atom. The number of aliphatic carboxylic acids is 1. The lowest BCUT2D eigenvalue weighted by atomic mass is 9.85. The largest absolute Gasteiger partial charge is 0.480 e. The zero-order valence-corrected chi connectivity index (χ0v) is 17.9. The lowest BCUT2D eigenvalue weighted by Gasteiger charge is -2.34. The maximum Gasteiger partial charge on any atom is 0.326 e. The third kappa shape index (κ3) is 3.71. The van der Waals surface area contributed by atoms with Crippen LogP contribution < -0.4 is 5.32 Å². The van der Waals surface area contributed by atoms with Gasteiger partial charge in [0.15, 0.2) is 5.13 Å². The fraction of sp³-hybridized carbons (Fsp3) is 0.750. The van der Waals surface area contributed by atoms with Gasteiger partial charge in [-0.3, -0.25) is 4.79 Å². The Morgan fingerprint density at radius 2 is 2.04 bits per heavy atom. The zero-order chi connectivity index (χ0) is 20.1. The van der Waals surface area contributed by atoms with Crippen molar-refractivity contribution in [1.82, 2.24) is 9.88 Å². The number of carbonyl (C=O) groups excluding carboxylic acids is 1. The molecule has 150 valence electrons. The van der Waals surface area contributed by atoms with Crippen LogP contribution in [0.1, 0.15) is 57.5 Å². The third-order valence-electron chi connectivity index (χ3n) is 6.29. The molecule has 6 nitrogen and oxygen atoms in total. The monoisotopic (exact) mass is 393 g/mol. The molecule has 2 heterocycles. The quantitative estimate of drug-likeness (QED) is 0.797. The molecule has 7 heteroatoms. The van der Waals surface area contributed by atoms with Gasteiger partial charge in [-0.25, -0.2) is 9.78 Å². The number of hydrogen-bond acceptors (Lipinski definition) is 5. The molecular formula is C20H31N3O3S. The Hall–Kier alpha value is -1.63. The Bertz CT molecular complexity index is 735. The van der Waals surface area contributed by atoms with E-state index in [4.69, 9.17) is 0 Å². The summed E-state index contributed by atoms with van der Waals surface area (Å²) < 4.78 is 0. The van der Waals surface area contributed by atoms with Crippen molar-refractivity contribution >= 4 is 28.3 Å². The molecule has 0 aromatic carbocycles. The number of likely N-dealkylation sites (tertiary alicyclic amines) is 1. The molecule has 1 aliphatic heterocycles. The predicted molar refractivity (Wildman–Crippen MR) is 107 cm³/mol. The SMILES string of the molecule is CC[C@H]1C[C@]12C[C@@H](C(=O)O)N(C(=O)[C@@H](Nc1nc(C)c(C)s1)C(C)(C)C)C2. The molecule has 1 spiro atoms. The summed E-state index contributed by atoms with van der Waals surface area (Å²) in [5.74, 6) is -0.475. The fourth-order valence-electron chi connectivity index (χ4n) is 4.39. The van der Waals surface area contributed by atoms with Gasteiger partial charge in [0.1, 0.15) is 12.1 Å². The molecule has 1 aromatic heterocycles. The maximum atomic E-state index is 13.5. The van der Waals surface area contributed by atoms with Gasteiger partial charge >= 0.3 is 5.97 Å². The number of amides is 1. The molecule has 1 saturated heterocycles. The average molecular weight is 394 g/mol. The summed E-state index contributed by atoms with van der Waals surface area (Å²) in [6.45, 7) is 12.7. The minimum atomic E-state index is -0.893. The van der Waals surface area contributed by atoms with Gasteiger partial charge in [-0.05, 0) is 43.4 Å². The number of rotatable bonds is 5. The molecule has 0 unspecified atom stereocenters. The first-order valence-electron chi connectivity index (χ1n) is 9.72. The zero-order valence-electron chi connectivity index (χ0n) is 17.1. The average Bonchev–Trinajstić information content (AvgIpc) is 2.92. The van der Waals surface area contributed by atoms with Crippen LogP contribution in [0, 0.1) is 30.6 Å². The second kappa shape index (κ2) is 6.76. The van der Waals surface area contributed by atoms with Gasteiger partial charge in [-0.2, -0.15) is 0 Å². The fourth-order valence-corrected chi connectivity index (χ4v) is 5.23. The van der Waals surface area contributed by atoms with Crippen LogP contribution in [0.3, 0.4) is 0 Å². The highest BCUT2D eigenvalue weighted by Gasteiger charge is 2.62. The molecule has 2 aliphatic rings. The van der Waals surface area contributed by atoms with Gasteiger partial charge in [-0.1, -0.05) is 34.1 Å². The Kier molecular flexibility index (Phi) is 5.04. The van der Waals surface area contributed by atoms with E-state index >= 15 is 0 Å². The number of nitrogens with zero attached hydrogens (tertiary/aromatic N) is 2. The number of carboxylic acid groups (broad SMARTS) is 1. The van der Waals surface area contributed by atoms with Crippen molar-refractivity contribution in [2.24, 2.45) is 16.7 Å². The van der Waals surface area contributed by atoms with E-state index in [0.717, 1.165) is 28.5 Å². The normalized spacial score (nSPS) is 28.4. The minimum Gasteiger partial charge on any atom is -0.480 e. The first kappa shape index (κ1) is 20.1. The molecule has 2 N–H and O–H groups in total. The number of aryl methyl sites for hydroxylation is 2. The van der Waals surface area contributed by atoms with E-state index < -0.39 is 18.1 Å². The van der Waals surface area contributed by atoms with Crippen LogP contribution in [-0.4, -0.2) is 45.5 Å². The van der Waals surface area contributed by atoms with Crippen molar-refractivity contribution in [2.45, 2.75) is 72.9 Å². The first-order valence-corrected chi connectivity index (χ1v) is 10.5. The molecule has 1 aromatic rings. The van der Waals surface area contributed by atoms with E-state index in [-0.39, 0.29) is 16.7 Å². The van der Waals surface area contributed by atoms with Gasteiger partial charge in [0.25, 0.3) is 0 Å². The second-order valence-corrected chi connectivity index (χ2v) is 10.5. The first-order chi connectivity index (χ1) is 12.5. The number of carbonyl (C=O) groups is 2. The highest BCUT2D eigenvalue weighted by atomic mass is 32.1. The van der Waals surface area contributed by atoms with Crippen LogP contribution in [0.4, 0.5) is 5.13 Å². The molecular weight excluding hydrogens is 362 g/mol. The van der Waals surface area contributed by atoms with Gasteiger partial charge in [0.2, 0.25) is 5.91 Å². The standard InChI is InChI=1S/C20H31N3O3S/c1-7-13-8-20(13)9-14(17(25)26)23(10-20)16(24)15(19(4,5)6)22-18-21-11(2)12(3)27-18/h13-15H,7-10H2,1-6H3,(H,21,22)(H,25,26)/t13-,14-,15+,20+/m0/s1. The molecule has 2 fully saturated rings. The molecule has 1 aliphatic carbocycles. The maximum absolute atomic E-state index is 13.5. The minimum absolute atomic E-state index is 0.0181. The smallest absolute Gasteiger partial charge is 0.326 e. The van der Waals surface area contributed by atoms with Crippen LogP contribution in [-0.2, 0) is 9.59 Å². The summed E-state index contributed by atoms with van der Waals surface area (Å²) in [6.07, 6.45) is 2.67. The van der Waals surface area contributed by atoms with Gasteiger partial charge < -0.3 is 15.3 Å². The Balaban J connectivity index is 1.85. The molecule has 4 atom stereocenters. The Labute approximate surface area is 165 Å². The van der Waals surface area contributed by atoms with Crippen LogP contribution >= 0.6 is 11.3 Å². The third-order valence-corrected chi connectivity index (χ3v) is 7.29. The van der Waals surface area contributed by atoms with Crippen LogP contribution in [0.15, 0.2) is 0 Å². The van der Waals surface area contributed by atoms with Crippen molar-refractivity contribution < 1.29 is 14.7 Å². The van der Waals surface area contributed by atoms with Crippen LogP contribution in [0.5, 0.6) is 0 Å². The molecule has 0 radical (unpaired) electrons. The van der Waals surface area contributed by atoms with Crippen molar-refractivity contribution in [3.05, 3.63) is 10.6 Å². The van der Waals surface area contributed by atoms with E-state index in [1.54, 1.807) is 4.90 Å². The van der Waals surface area contributed by atoms with Crippen molar-refractivity contribution in [1.29, 1.82) is 0 Å². The van der Waals surface area contributed by atoms with Crippen LogP contribution in [0.2, 0.25) is 0 Å². The van der Waals surface area contributed by atoms with Crippen molar-refractivity contribution in [2.75, 3.05) is 11.9 Å². The lowest BCUT2D eigenvalue weighted by Crippen LogP contribution is -2.52. The summed E-state index contributed by atoms with van der Waals surface area (Å²) >= 11 is 1.53. The second-order valence-electron chi connectivity index (χ2n) is 9.30. The molecule has 0 bridgehead atoms. The van der Waals surface area contributed by atoms with E-state index in [1.165, 1.54) is 11.3 Å². The van der Waals surface area contributed by atoms with Gasteiger partial charge in [-0.15, -0.1) is 11.3 Å². The van der Waals surface area contributed by atoms with Crippen molar-refractivity contribution in [3.63, 3.8) is 0 Å². The lowest BCUT2D eigenvalue weighted by molar-refractivity contribution is -0.149. The Morgan fingerprint density at radius 1 is 1.37 bits per heavy atom. The topological polar surface area (TPSA) is 82.5 Å². The highest BCUT2D eigenvalue weighted by molar-refractivity contribution is 7.15. The summed E-state index contributed by atoms with van der Waals surface area (Å²) in [6, 6.07) is -1.24. The highest BCUT2D eigenvalue weighted by Crippen LogP contribution is 2.61. The molecule has 27 heavy (non-hydrogen) atoms. The number of carboxylic acids is 1. The summed E-state index contributed by atoms with van der Waals surface area (Å²) in [4.78, 5) is 32.6. The summed E-state index contributed by atoms with van der Waals surface area (Å²) in [5, 5.41) is 13.8. The number of aromatic nitrogens is 1. The molecule has 3 rings (SSSR count). The molecule has 1 amide bonds. The number of hydrogen-bond donors (Lipinski definition) is 2. The number of thiazole rings is 1. The van der Waals surface area contributed by atoms with Gasteiger partial charge in [0, 0.05) is 11.4 Å². The molecule has 1 saturated carbocycles. The van der Waals surface area contributed by atoms with E-state index in [9.17, 15) is 14.7 Å². The predicted octanol–water partition coefficient (Wildman–Crippen LogP) is 3.69. The van der Waals surface area contributed by atoms with Gasteiger partial charge in [0.05, 0.1) is 5.69 Å². The van der Waals surface area contributed by atoms with Crippen LogP contribution in [0.25, 0.3) is 0 Å². The van der Waals surface area contributed by atoms with E-state index in [0.29, 0.717) is 18.9 Å². The number of nitrogens with one attached hydrogen (secondary N) is 1. The van der Waals surface area contributed by atoms with E-state index in [1.807, 2.05) is 34.6 Å². The number of anilines is 1. The summed E-state index contributed by atoms with van der Waals surface area (Å²) in [7, 11) is 0.